The van der Waals surface area contributed by atoms with Crippen molar-refractivity contribution in [3.05, 3.63) is 64.0 Å². The number of nitrogens with one attached hydrogen (secondary N) is 3. The second-order valence-electron chi connectivity index (χ2n) is 10.3. The zero-order valence-electron chi connectivity index (χ0n) is 20.0. The van der Waals surface area contributed by atoms with Crippen LogP contribution in [-0.4, -0.2) is 43.5 Å². The lowest BCUT2D eigenvalue weighted by atomic mass is 9.71. The Hall–Kier alpha value is -3.96. The fourth-order valence-corrected chi connectivity index (χ4v) is 5.79. The number of halogens is 3. The number of aryl methyl sites for hydroxylation is 1. The molecular formula is C25H23F3N6O3. The summed E-state index contributed by atoms with van der Waals surface area (Å²) in [7, 11) is 0. The number of nitrogens with zero attached hydrogens (tertiary/aromatic N) is 3. The Morgan fingerprint density at radius 1 is 1.19 bits per heavy atom. The number of hydrogen-bond donors (Lipinski definition) is 3. The maximum atomic E-state index is 14.0. The number of aromatic nitrogens is 4. The van der Waals surface area contributed by atoms with E-state index in [0.29, 0.717) is 23.2 Å². The number of carbonyl (C=O) groups excluding carboxylic acids is 3. The van der Waals surface area contributed by atoms with Gasteiger partial charge in [-0.2, -0.15) is 0 Å². The van der Waals surface area contributed by atoms with E-state index in [1.807, 2.05) is 0 Å². The first-order chi connectivity index (χ1) is 17.5. The molecule has 192 valence electrons. The van der Waals surface area contributed by atoms with E-state index in [0.717, 1.165) is 6.42 Å². The van der Waals surface area contributed by atoms with Crippen molar-refractivity contribution in [2.45, 2.75) is 57.0 Å². The molecule has 2 atom stereocenters. The first-order valence-electron chi connectivity index (χ1n) is 11.9. The average molecular weight is 512 g/mol. The molecular weight excluding hydrogens is 489 g/mol. The third-order valence-corrected chi connectivity index (χ3v) is 7.71. The third kappa shape index (κ3) is 3.65. The summed E-state index contributed by atoms with van der Waals surface area (Å²) in [6.45, 7) is 3.19. The Balaban J connectivity index is 1.31. The molecule has 9 nitrogen and oxygen atoms in total. The summed E-state index contributed by atoms with van der Waals surface area (Å²) in [6.07, 6.45) is 1.25. The molecule has 37 heavy (non-hydrogen) atoms. The Morgan fingerprint density at radius 2 is 1.95 bits per heavy atom. The van der Waals surface area contributed by atoms with E-state index in [1.165, 1.54) is 12.3 Å². The summed E-state index contributed by atoms with van der Waals surface area (Å²) in [5, 5.41) is 14.8. The van der Waals surface area contributed by atoms with Crippen molar-refractivity contribution in [3.8, 4) is 0 Å². The number of anilines is 1. The number of carbonyl (C=O) groups is 3. The molecule has 3 aromatic rings. The van der Waals surface area contributed by atoms with Crippen LogP contribution in [-0.2, 0) is 16.8 Å². The molecule has 0 saturated heterocycles. The van der Waals surface area contributed by atoms with Gasteiger partial charge in [-0.1, -0.05) is 11.3 Å². The van der Waals surface area contributed by atoms with E-state index in [9.17, 15) is 27.6 Å². The second-order valence-corrected chi connectivity index (χ2v) is 10.3. The van der Waals surface area contributed by atoms with E-state index in [1.54, 1.807) is 30.5 Å². The lowest BCUT2D eigenvalue weighted by Gasteiger charge is -2.46. The van der Waals surface area contributed by atoms with E-state index in [-0.39, 0.29) is 34.6 Å². The number of rotatable bonds is 6. The first kappa shape index (κ1) is 23.4. The van der Waals surface area contributed by atoms with Crippen LogP contribution in [0.5, 0.6) is 0 Å². The molecule has 0 spiro atoms. The van der Waals surface area contributed by atoms with Crippen molar-refractivity contribution in [3.63, 3.8) is 0 Å². The quantitative estimate of drug-likeness (QED) is 0.346. The minimum Gasteiger partial charge on any atom is -0.338 e. The van der Waals surface area contributed by atoms with Crippen molar-refractivity contribution >= 4 is 23.3 Å². The first-order valence-corrected chi connectivity index (χ1v) is 11.9. The molecule has 0 bridgehead atoms. The largest absolute Gasteiger partial charge is 0.338 e. The predicted octanol–water partition coefficient (Wildman–Crippen LogP) is 3.36. The van der Waals surface area contributed by atoms with Gasteiger partial charge in [0, 0.05) is 30.3 Å². The monoisotopic (exact) mass is 512 g/mol. The van der Waals surface area contributed by atoms with Gasteiger partial charge in [0.15, 0.2) is 0 Å². The van der Waals surface area contributed by atoms with Gasteiger partial charge in [-0.3, -0.25) is 19.5 Å². The van der Waals surface area contributed by atoms with E-state index < -0.39 is 47.7 Å². The van der Waals surface area contributed by atoms with E-state index >= 15 is 0 Å². The fraction of sp³-hybridized carbons (Fsp3) is 0.400. The van der Waals surface area contributed by atoms with Gasteiger partial charge in [0.1, 0.15) is 5.82 Å². The van der Waals surface area contributed by atoms with Gasteiger partial charge in [0.05, 0.1) is 28.7 Å². The number of fused-ring (bicyclic) bond motifs is 3. The van der Waals surface area contributed by atoms with Crippen LogP contribution >= 0.6 is 0 Å². The smallest absolute Gasteiger partial charge is 0.294 e. The molecule has 3 aliphatic rings. The van der Waals surface area contributed by atoms with Crippen LogP contribution in [0.3, 0.4) is 0 Å². The zero-order valence-corrected chi connectivity index (χ0v) is 20.0. The Morgan fingerprint density at radius 3 is 2.59 bits per heavy atom. The number of H-pyrrole nitrogens is 1. The molecule has 0 unspecified atom stereocenters. The van der Waals surface area contributed by atoms with E-state index in [4.69, 9.17) is 0 Å². The van der Waals surface area contributed by atoms with Crippen LogP contribution in [0.4, 0.5) is 18.9 Å². The standard InChI is InChI=1S/C25H23F3N6O3/c1-11-3-4-14(7-15(11)26)30-22(36)19-12(2)20(34-16-5-13(16)6-17(19)34)21(35)23(37)31-24(9-25(27,28)10-24)18-8-29-33-32-18/h3-4,7-8,13,16H,5-6,9-10H2,1-2H3,(H,30,36)(H,31,37)(H,29,32,33)/t13-,16-/m0/s1. The number of benzene rings is 1. The maximum absolute atomic E-state index is 14.0. The van der Waals surface area contributed by atoms with Crippen LogP contribution in [0.2, 0.25) is 0 Å². The number of ketones is 1. The normalized spacial score (nSPS) is 22.0. The van der Waals surface area contributed by atoms with Gasteiger partial charge < -0.3 is 15.2 Å². The van der Waals surface area contributed by atoms with Gasteiger partial charge in [0.25, 0.3) is 23.5 Å². The van der Waals surface area contributed by atoms with Crippen LogP contribution in [0.15, 0.2) is 24.4 Å². The van der Waals surface area contributed by atoms with Crippen molar-refractivity contribution in [1.29, 1.82) is 0 Å². The predicted molar refractivity (Wildman–Crippen MR) is 124 cm³/mol. The molecule has 0 radical (unpaired) electrons. The van der Waals surface area contributed by atoms with Gasteiger partial charge >= 0.3 is 0 Å². The van der Waals surface area contributed by atoms with Crippen LogP contribution in [0.1, 0.15) is 68.7 Å². The summed E-state index contributed by atoms with van der Waals surface area (Å²) in [4.78, 5) is 39.9. The molecule has 1 aliphatic heterocycles. The molecule has 2 amide bonds. The van der Waals surface area contributed by atoms with Gasteiger partial charge in [0.2, 0.25) is 0 Å². The highest BCUT2D eigenvalue weighted by molar-refractivity contribution is 6.43. The maximum Gasteiger partial charge on any atom is 0.294 e. The lowest BCUT2D eigenvalue weighted by molar-refractivity contribution is -0.148. The third-order valence-electron chi connectivity index (χ3n) is 7.71. The Kier molecular flexibility index (Phi) is 4.92. The second kappa shape index (κ2) is 7.77. The summed E-state index contributed by atoms with van der Waals surface area (Å²) in [5.74, 6) is -5.67. The molecule has 2 aromatic heterocycles. The number of Topliss-reactive ketones (excluding diaryl/α,β-unsaturated/α-hetero) is 1. The SMILES string of the molecule is Cc1ccc(NC(=O)c2c(C)c(C(=O)C(=O)NC3(c4cnn[nH]4)CC(F)(F)C3)n3c2C[C@@H]2C[C@@H]23)cc1F. The van der Waals surface area contributed by atoms with Crippen molar-refractivity contribution < 1.29 is 27.6 Å². The fourth-order valence-electron chi connectivity index (χ4n) is 5.79. The molecule has 3 heterocycles. The highest BCUT2D eigenvalue weighted by atomic mass is 19.3. The topological polar surface area (TPSA) is 122 Å². The lowest BCUT2D eigenvalue weighted by Crippen LogP contribution is -2.61. The Bertz CT molecular complexity index is 1470. The van der Waals surface area contributed by atoms with Gasteiger partial charge in [-0.05, 0) is 55.9 Å². The molecule has 3 N–H and O–H groups in total. The zero-order chi connectivity index (χ0) is 26.3. The van der Waals surface area contributed by atoms with Gasteiger partial charge in [-0.25, -0.2) is 13.2 Å². The summed E-state index contributed by atoms with van der Waals surface area (Å²) in [5.41, 5.74) is 0.696. The molecule has 2 fully saturated rings. The highest BCUT2D eigenvalue weighted by Gasteiger charge is 2.60. The molecule has 12 heteroatoms. The van der Waals surface area contributed by atoms with Crippen molar-refractivity contribution in [1.82, 2.24) is 25.3 Å². The summed E-state index contributed by atoms with van der Waals surface area (Å²) in [6, 6.07) is 4.34. The summed E-state index contributed by atoms with van der Waals surface area (Å²) < 4.78 is 43.5. The Labute approximate surface area is 208 Å². The van der Waals surface area contributed by atoms with E-state index in [2.05, 4.69) is 26.0 Å². The van der Waals surface area contributed by atoms with Crippen LogP contribution in [0, 0.1) is 25.6 Å². The number of alkyl halides is 2. The number of hydrogen-bond acceptors (Lipinski definition) is 5. The van der Waals surface area contributed by atoms with Crippen LogP contribution < -0.4 is 10.6 Å². The number of amides is 2. The highest BCUT2D eigenvalue weighted by Crippen LogP contribution is 2.55. The van der Waals surface area contributed by atoms with Crippen LogP contribution in [0.25, 0.3) is 0 Å². The molecule has 2 aliphatic carbocycles. The minimum absolute atomic E-state index is 0.00220. The van der Waals surface area contributed by atoms with Crippen molar-refractivity contribution in [2.75, 3.05) is 5.32 Å². The molecule has 1 aromatic carbocycles. The van der Waals surface area contributed by atoms with Gasteiger partial charge in [-0.15, -0.1) is 5.10 Å². The minimum atomic E-state index is -3.00. The number of aromatic amines is 1. The van der Waals surface area contributed by atoms with Crippen molar-refractivity contribution in [2.24, 2.45) is 5.92 Å². The summed E-state index contributed by atoms with van der Waals surface area (Å²) >= 11 is 0. The molecule has 6 rings (SSSR count). The molecule has 2 saturated carbocycles. The average Bonchev–Trinajstić information content (AvgIpc) is 3.13.